The number of carboxylic acids is 1. The Morgan fingerprint density at radius 2 is 2.25 bits per heavy atom. The summed E-state index contributed by atoms with van der Waals surface area (Å²) >= 11 is 0. The quantitative estimate of drug-likeness (QED) is 0.653. The van der Waals surface area contributed by atoms with E-state index in [0.717, 1.165) is 0 Å². The lowest BCUT2D eigenvalue weighted by molar-refractivity contribution is 0.0691. The molecular weight excluding hydrogens is 264 g/mol. The zero-order valence-corrected chi connectivity index (χ0v) is 11.6. The number of carboxylic acid groups (broad SMARTS) is 1. The molecule has 0 saturated heterocycles. The number of imidazole rings is 1. The molecule has 1 aromatic heterocycles. The van der Waals surface area contributed by atoms with Crippen LogP contribution in [-0.4, -0.2) is 62.9 Å². The first kappa shape index (κ1) is 16.0. The number of amides is 2. The standard InChI is InChI=1S/C12H20N4O4/c1-9(17)3-5-15(2)12(20)13-4-6-16-7-10(11(18)19)14-8-16/h7-9,17H,3-6H2,1-2H3,(H,13,20)(H,18,19). The summed E-state index contributed by atoms with van der Waals surface area (Å²) in [7, 11) is 1.65. The van der Waals surface area contributed by atoms with Crippen LogP contribution < -0.4 is 5.32 Å². The van der Waals surface area contributed by atoms with Gasteiger partial charge >= 0.3 is 12.0 Å². The van der Waals surface area contributed by atoms with E-state index in [0.29, 0.717) is 26.1 Å². The molecule has 0 aliphatic rings. The summed E-state index contributed by atoms with van der Waals surface area (Å²) in [6, 6.07) is -0.232. The molecule has 0 radical (unpaired) electrons. The SMILES string of the molecule is CC(O)CCN(C)C(=O)NCCn1cnc(C(=O)O)c1. The number of rotatable bonds is 7. The number of carbonyl (C=O) groups excluding carboxylic acids is 1. The van der Waals surface area contributed by atoms with Gasteiger partial charge in [-0.2, -0.15) is 0 Å². The van der Waals surface area contributed by atoms with Gasteiger partial charge in [0.05, 0.1) is 12.4 Å². The van der Waals surface area contributed by atoms with Gasteiger partial charge in [-0.1, -0.05) is 0 Å². The molecule has 0 fully saturated rings. The monoisotopic (exact) mass is 284 g/mol. The average molecular weight is 284 g/mol. The van der Waals surface area contributed by atoms with Gasteiger partial charge in [0.2, 0.25) is 0 Å². The molecule has 0 bridgehead atoms. The first-order chi connectivity index (χ1) is 9.40. The van der Waals surface area contributed by atoms with Crippen molar-refractivity contribution in [1.29, 1.82) is 0 Å². The first-order valence-corrected chi connectivity index (χ1v) is 6.32. The van der Waals surface area contributed by atoms with Crippen LogP contribution in [0.5, 0.6) is 0 Å². The van der Waals surface area contributed by atoms with Crippen LogP contribution in [0.15, 0.2) is 12.5 Å². The molecule has 20 heavy (non-hydrogen) atoms. The number of hydrogen-bond acceptors (Lipinski definition) is 4. The highest BCUT2D eigenvalue weighted by atomic mass is 16.4. The summed E-state index contributed by atoms with van der Waals surface area (Å²) in [4.78, 5) is 27.5. The van der Waals surface area contributed by atoms with Crippen LogP contribution in [-0.2, 0) is 6.54 Å². The van der Waals surface area contributed by atoms with Gasteiger partial charge in [-0.3, -0.25) is 0 Å². The predicted molar refractivity (Wildman–Crippen MR) is 71.5 cm³/mol. The summed E-state index contributed by atoms with van der Waals surface area (Å²) in [5, 5.41) is 20.6. The van der Waals surface area contributed by atoms with Crippen molar-refractivity contribution in [3.63, 3.8) is 0 Å². The molecule has 1 heterocycles. The number of aromatic carboxylic acids is 1. The molecule has 8 nitrogen and oxygen atoms in total. The van der Waals surface area contributed by atoms with Crippen LogP contribution >= 0.6 is 0 Å². The van der Waals surface area contributed by atoms with Crippen molar-refractivity contribution in [3.8, 4) is 0 Å². The van der Waals surface area contributed by atoms with E-state index in [1.807, 2.05) is 0 Å². The number of urea groups is 1. The van der Waals surface area contributed by atoms with Crippen LogP contribution in [0, 0.1) is 0 Å². The fourth-order valence-corrected chi connectivity index (χ4v) is 1.50. The van der Waals surface area contributed by atoms with Crippen molar-refractivity contribution in [3.05, 3.63) is 18.2 Å². The second kappa shape index (κ2) is 7.49. The van der Waals surface area contributed by atoms with Crippen LogP contribution in [0.25, 0.3) is 0 Å². The fraction of sp³-hybridized carbons (Fsp3) is 0.583. The Bertz CT molecular complexity index is 458. The number of carbonyl (C=O) groups is 2. The second-order valence-electron chi connectivity index (χ2n) is 4.59. The topological polar surface area (TPSA) is 108 Å². The number of aliphatic hydroxyl groups is 1. The third kappa shape index (κ3) is 5.27. The molecule has 112 valence electrons. The molecular formula is C12H20N4O4. The minimum atomic E-state index is -1.08. The van der Waals surface area contributed by atoms with Crippen molar-refractivity contribution in [2.24, 2.45) is 0 Å². The lowest BCUT2D eigenvalue weighted by atomic mass is 10.3. The van der Waals surface area contributed by atoms with Crippen molar-refractivity contribution in [2.45, 2.75) is 26.0 Å². The third-order valence-corrected chi connectivity index (χ3v) is 2.73. The van der Waals surface area contributed by atoms with E-state index in [9.17, 15) is 9.59 Å². The van der Waals surface area contributed by atoms with Crippen molar-refractivity contribution in [2.75, 3.05) is 20.1 Å². The molecule has 0 aliphatic carbocycles. The molecule has 0 aromatic carbocycles. The molecule has 1 rings (SSSR count). The van der Waals surface area contributed by atoms with E-state index in [1.165, 1.54) is 17.4 Å². The molecule has 0 aliphatic heterocycles. The average Bonchev–Trinajstić information content (AvgIpc) is 2.84. The number of nitrogens with zero attached hydrogens (tertiary/aromatic N) is 3. The molecule has 0 saturated carbocycles. The maximum absolute atomic E-state index is 11.7. The number of nitrogens with one attached hydrogen (secondary N) is 1. The Hall–Kier alpha value is -2.09. The van der Waals surface area contributed by atoms with E-state index >= 15 is 0 Å². The van der Waals surface area contributed by atoms with Gasteiger partial charge in [0.1, 0.15) is 0 Å². The first-order valence-electron chi connectivity index (χ1n) is 6.32. The van der Waals surface area contributed by atoms with Gasteiger partial charge in [-0.15, -0.1) is 0 Å². The second-order valence-corrected chi connectivity index (χ2v) is 4.59. The highest BCUT2D eigenvalue weighted by Gasteiger charge is 2.09. The lowest BCUT2D eigenvalue weighted by Crippen LogP contribution is -2.39. The Kier molecular flexibility index (Phi) is 5.98. The normalized spacial score (nSPS) is 11.9. The number of aromatic nitrogens is 2. The fourth-order valence-electron chi connectivity index (χ4n) is 1.50. The van der Waals surface area contributed by atoms with E-state index in [4.69, 9.17) is 10.2 Å². The summed E-state index contributed by atoms with van der Waals surface area (Å²) < 4.78 is 1.60. The zero-order valence-electron chi connectivity index (χ0n) is 11.6. The molecule has 1 atom stereocenters. The minimum Gasteiger partial charge on any atom is -0.476 e. The zero-order chi connectivity index (χ0) is 15.1. The van der Waals surface area contributed by atoms with Gasteiger partial charge in [0, 0.05) is 32.9 Å². The summed E-state index contributed by atoms with van der Waals surface area (Å²) in [6.45, 7) is 2.95. The Balaban J connectivity index is 2.28. The molecule has 1 unspecified atom stereocenters. The van der Waals surface area contributed by atoms with Gasteiger partial charge in [0.15, 0.2) is 5.69 Å². The maximum Gasteiger partial charge on any atom is 0.356 e. The van der Waals surface area contributed by atoms with Crippen LogP contribution in [0.2, 0.25) is 0 Å². The van der Waals surface area contributed by atoms with Crippen LogP contribution in [0.3, 0.4) is 0 Å². The smallest absolute Gasteiger partial charge is 0.356 e. The molecule has 3 N–H and O–H groups in total. The lowest BCUT2D eigenvalue weighted by Gasteiger charge is -2.18. The highest BCUT2D eigenvalue weighted by Crippen LogP contribution is 1.96. The van der Waals surface area contributed by atoms with Gasteiger partial charge in [-0.25, -0.2) is 14.6 Å². The van der Waals surface area contributed by atoms with Crippen LogP contribution in [0.1, 0.15) is 23.8 Å². The van der Waals surface area contributed by atoms with Crippen molar-refractivity contribution >= 4 is 12.0 Å². The predicted octanol–water partition coefficient (Wildman–Crippen LogP) is -0.00640. The van der Waals surface area contributed by atoms with Gasteiger partial charge in [-0.05, 0) is 13.3 Å². The van der Waals surface area contributed by atoms with E-state index in [-0.39, 0.29) is 11.7 Å². The number of hydrogen-bond donors (Lipinski definition) is 3. The van der Waals surface area contributed by atoms with E-state index < -0.39 is 12.1 Å². The van der Waals surface area contributed by atoms with Gasteiger partial charge in [0.25, 0.3) is 0 Å². The maximum atomic E-state index is 11.7. The van der Waals surface area contributed by atoms with E-state index in [2.05, 4.69) is 10.3 Å². The highest BCUT2D eigenvalue weighted by molar-refractivity contribution is 5.84. The van der Waals surface area contributed by atoms with Crippen molar-refractivity contribution in [1.82, 2.24) is 19.8 Å². The van der Waals surface area contributed by atoms with Gasteiger partial charge < -0.3 is 25.0 Å². The number of aliphatic hydroxyl groups excluding tert-OH is 1. The Labute approximate surface area is 117 Å². The summed E-state index contributed by atoms with van der Waals surface area (Å²) in [6.07, 6.45) is 2.90. The largest absolute Gasteiger partial charge is 0.476 e. The Morgan fingerprint density at radius 1 is 1.55 bits per heavy atom. The molecule has 2 amide bonds. The van der Waals surface area contributed by atoms with Crippen LogP contribution in [0.4, 0.5) is 4.79 Å². The summed E-state index contributed by atoms with van der Waals surface area (Å²) in [5.74, 6) is -1.08. The molecule has 8 heteroatoms. The van der Waals surface area contributed by atoms with Crippen molar-refractivity contribution < 1.29 is 19.8 Å². The summed E-state index contributed by atoms with van der Waals surface area (Å²) in [5.41, 5.74) is -0.0228. The molecule has 0 spiro atoms. The minimum absolute atomic E-state index is 0.0228. The third-order valence-electron chi connectivity index (χ3n) is 2.73. The van der Waals surface area contributed by atoms with E-state index in [1.54, 1.807) is 18.5 Å². The Morgan fingerprint density at radius 3 is 2.80 bits per heavy atom. The molecule has 1 aromatic rings.